The van der Waals surface area contributed by atoms with Gasteiger partial charge in [-0.15, -0.1) is 17.9 Å². The summed E-state index contributed by atoms with van der Waals surface area (Å²) >= 11 is 5.45. The first-order chi connectivity index (χ1) is 13.5. The van der Waals surface area contributed by atoms with E-state index in [0.29, 0.717) is 40.7 Å². The van der Waals surface area contributed by atoms with Crippen molar-refractivity contribution in [2.24, 2.45) is 0 Å². The third-order valence-corrected chi connectivity index (χ3v) is 4.87. The lowest BCUT2D eigenvalue weighted by atomic mass is 10.2. The Bertz CT molecular complexity index is 1040. The second-order valence-corrected chi connectivity index (χ2v) is 6.79. The quantitative estimate of drug-likeness (QED) is 0.363. The molecular weight excluding hydrogens is 398 g/mol. The third kappa shape index (κ3) is 4.29. The third-order valence-electron chi connectivity index (χ3n) is 3.57. The van der Waals surface area contributed by atoms with E-state index in [2.05, 4.69) is 39.7 Å². The molecule has 1 N–H and O–H groups in total. The number of nitrogens with one attached hydrogen (secondary N) is 1. The molecule has 3 heterocycles. The summed E-state index contributed by atoms with van der Waals surface area (Å²) in [6.07, 6.45) is 3.17. The molecule has 0 saturated heterocycles. The number of anilines is 1. The van der Waals surface area contributed by atoms with Gasteiger partial charge in [0.15, 0.2) is 5.65 Å². The number of thiophene rings is 1. The summed E-state index contributed by atoms with van der Waals surface area (Å²) in [5, 5.41) is 4.42. The van der Waals surface area contributed by atoms with Gasteiger partial charge in [0.25, 0.3) is 0 Å². The van der Waals surface area contributed by atoms with E-state index in [9.17, 15) is 9.59 Å². The topological polar surface area (TPSA) is 97.3 Å². The summed E-state index contributed by atoms with van der Waals surface area (Å²) in [6, 6.07) is 4.60. The summed E-state index contributed by atoms with van der Waals surface area (Å²) in [5.41, 5.74) is 2.22. The molecule has 0 radical (unpaired) electrons. The molecule has 0 unspecified atom stereocenters. The minimum absolute atomic E-state index is 0.307. The van der Waals surface area contributed by atoms with Gasteiger partial charge in [-0.05, 0) is 25.1 Å². The monoisotopic (exact) mass is 415 g/mol. The molecule has 3 rings (SSSR count). The molecular formula is C18H17N5O3S2. The Balaban J connectivity index is 1.89. The van der Waals surface area contributed by atoms with E-state index < -0.39 is 6.03 Å². The zero-order chi connectivity index (χ0) is 20.1. The van der Waals surface area contributed by atoms with Crippen LogP contribution in [-0.2, 0) is 4.74 Å². The largest absolute Gasteiger partial charge is 0.462 e. The van der Waals surface area contributed by atoms with Crippen molar-refractivity contribution in [2.45, 2.75) is 6.92 Å². The van der Waals surface area contributed by atoms with Crippen LogP contribution in [0.4, 0.5) is 10.6 Å². The summed E-state index contributed by atoms with van der Waals surface area (Å²) < 4.78 is 6.09. The molecule has 0 aliphatic rings. The van der Waals surface area contributed by atoms with E-state index in [-0.39, 0.29) is 5.97 Å². The van der Waals surface area contributed by atoms with Crippen LogP contribution < -0.4 is 9.62 Å². The number of pyridine rings is 1. The van der Waals surface area contributed by atoms with Crippen molar-refractivity contribution in [3.05, 3.63) is 47.3 Å². The highest BCUT2D eigenvalue weighted by molar-refractivity contribution is 7.82. The van der Waals surface area contributed by atoms with E-state index in [1.807, 2.05) is 0 Å². The van der Waals surface area contributed by atoms with Crippen molar-refractivity contribution >= 4 is 53.1 Å². The number of carbonyl (C=O) groups is 2. The van der Waals surface area contributed by atoms with Crippen LogP contribution in [0.2, 0.25) is 0 Å². The van der Waals surface area contributed by atoms with Gasteiger partial charge in [0.2, 0.25) is 0 Å². The lowest BCUT2D eigenvalue weighted by Crippen LogP contribution is -2.34. The van der Waals surface area contributed by atoms with E-state index >= 15 is 0 Å². The molecule has 10 heteroatoms. The van der Waals surface area contributed by atoms with Crippen LogP contribution in [-0.4, -0.2) is 40.1 Å². The number of amides is 2. The fourth-order valence-corrected chi connectivity index (χ4v) is 3.24. The lowest BCUT2D eigenvalue weighted by Gasteiger charge is -2.15. The first kappa shape index (κ1) is 19.8. The van der Waals surface area contributed by atoms with Gasteiger partial charge in [0.1, 0.15) is 16.2 Å². The molecule has 0 aromatic carbocycles. The first-order valence-corrected chi connectivity index (χ1v) is 9.59. The molecule has 0 aliphatic heterocycles. The number of urea groups is 1. The number of hydrogen-bond acceptors (Lipinski definition) is 8. The van der Waals surface area contributed by atoms with Crippen LogP contribution in [0.5, 0.6) is 0 Å². The smallest absolute Gasteiger partial charge is 0.348 e. The maximum Gasteiger partial charge on any atom is 0.348 e. The molecule has 0 aliphatic carbocycles. The van der Waals surface area contributed by atoms with Gasteiger partial charge in [-0.3, -0.25) is 4.98 Å². The highest BCUT2D eigenvalue weighted by atomic mass is 32.1. The predicted octanol–water partition coefficient (Wildman–Crippen LogP) is 3.48. The van der Waals surface area contributed by atoms with Gasteiger partial charge in [-0.25, -0.2) is 23.9 Å². The van der Waals surface area contributed by atoms with Crippen molar-refractivity contribution < 1.29 is 14.3 Å². The van der Waals surface area contributed by atoms with Crippen LogP contribution in [0.25, 0.3) is 22.4 Å². The fraction of sp³-hybridized carbons (Fsp3) is 0.167. The van der Waals surface area contributed by atoms with Crippen LogP contribution in [0, 0.1) is 0 Å². The lowest BCUT2D eigenvalue weighted by molar-refractivity contribution is 0.0532. The summed E-state index contributed by atoms with van der Waals surface area (Å²) in [5.74, 6) is -0.0643. The maximum absolute atomic E-state index is 12.0. The normalized spacial score (nSPS) is 10.5. The predicted molar refractivity (Wildman–Crippen MR) is 112 cm³/mol. The van der Waals surface area contributed by atoms with Crippen molar-refractivity contribution in [1.82, 2.24) is 20.3 Å². The minimum atomic E-state index is -0.434. The Kier molecular flexibility index (Phi) is 6.22. The minimum Gasteiger partial charge on any atom is -0.462 e. The Morgan fingerprint density at radius 3 is 2.96 bits per heavy atom. The molecule has 3 aromatic heterocycles. The van der Waals surface area contributed by atoms with Crippen molar-refractivity contribution in [2.75, 3.05) is 17.5 Å². The number of esters is 1. The summed E-state index contributed by atoms with van der Waals surface area (Å²) in [4.78, 5) is 37.6. The Morgan fingerprint density at radius 2 is 2.21 bits per heavy atom. The number of nitrogens with zero attached hydrogens (tertiary/aromatic N) is 4. The Morgan fingerprint density at radius 1 is 1.39 bits per heavy atom. The number of aromatic nitrogens is 3. The molecule has 0 bridgehead atoms. The molecule has 3 aromatic rings. The average Bonchev–Trinajstić information content (AvgIpc) is 3.21. The summed E-state index contributed by atoms with van der Waals surface area (Å²) in [7, 11) is 0. The highest BCUT2D eigenvalue weighted by Gasteiger charge is 2.15. The molecule has 28 heavy (non-hydrogen) atoms. The van der Waals surface area contributed by atoms with Crippen molar-refractivity contribution in [3.8, 4) is 11.3 Å². The van der Waals surface area contributed by atoms with Crippen LogP contribution in [0.1, 0.15) is 16.6 Å². The molecule has 0 fully saturated rings. The fourth-order valence-electron chi connectivity index (χ4n) is 2.26. The van der Waals surface area contributed by atoms with Crippen molar-refractivity contribution in [1.29, 1.82) is 0 Å². The zero-order valence-electron chi connectivity index (χ0n) is 15.0. The second kappa shape index (κ2) is 8.81. The van der Waals surface area contributed by atoms with Gasteiger partial charge in [0, 0.05) is 17.5 Å². The molecule has 2 amide bonds. The highest BCUT2D eigenvalue weighted by Crippen LogP contribution is 2.26. The van der Waals surface area contributed by atoms with Gasteiger partial charge in [0.05, 0.1) is 18.5 Å². The van der Waals surface area contributed by atoms with E-state index in [4.69, 9.17) is 4.74 Å². The number of hydrogen-bond donors (Lipinski definition) is 2. The molecule has 0 atom stereocenters. The van der Waals surface area contributed by atoms with Crippen LogP contribution in [0.3, 0.4) is 0 Å². The molecule has 0 spiro atoms. The van der Waals surface area contributed by atoms with E-state index in [1.165, 1.54) is 11.3 Å². The molecule has 0 saturated carbocycles. The van der Waals surface area contributed by atoms with Crippen LogP contribution >= 0.6 is 24.2 Å². The van der Waals surface area contributed by atoms with E-state index in [0.717, 1.165) is 9.87 Å². The van der Waals surface area contributed by atoms with Gasteiger partial charge in [-0.2, -0.15) is 0 Å². The number of ether oxygens (including phenoxy) is 1. The van der Waals surface area contributed by atoms with Gasteiger partial charge >= 0.3 is 12.0 Å². The standard InChI is InChI=1S/C18H17N5O3S2/c1-3-7-19-18(25)23(27)15-6-5-12-16(22-15)21-13(9-20-12)11-8-14(28-10-11)17(24)26-4-2/h3,5-6,8-10,27H,1,4,7H2,2H3,(H,19,25). The Hall–Kier alpha value is -2.98. The second-order valence-electron chi connectivity index (χ2n) is 5.47. The number of carbonyl (C=O) groups excluding carboxylic acids is 2. The number of rotatable bonds is 6. The van der Waals surface area contributed by atoms with Crippen molar-refractivity contribution in [3.63, 3.8) is 0 Å². The van der Waals surface area contributed by atoms with Gasteiger partial charge < -0.3 is 10.1 Å². The van der Waals surface area contributed by atoms with Gasteiger partial charge in [-0.1, -0.05) is 18.9 Å². The number of fused-ring (bicyclic) bond motifs is 1. The molecule has 8 nitrogen and oxygen atoms in total. The number of thiol groups is 1. The molecule has 144 valence electrons. The van der Waals surface area contributed by atoms with Crippen LogP contribution in [0.15, 0.2) is 42.4 Å². The van der Waals surface area contributed by atoms with E-state index in [1.54, 1.807) is 42.8 Å². The Labute approximate surface area is 170 Å². The SMILES string of the molecule is C=CCNC(=O)N(S)c1ccc2ncc(-c3csc(C(=O)OCC)c3)nc2n1. The average molecular weight is 416 g/mol. The maximum atomic E-state index is 12.0. The first-order valence-electron chi connectivity index (χ1n) is 8.31. The summed E-state index contributed by atoms with van der Waals surface area (Å²) in [6.45, 7) is 5.93. The zero-order valence-corrected chi connectivity index (χ0v) is 16.7.